The fourth-order valence-electron chi connectivity index (χ4n) is 5.47. The van der Waals surface area contributed by atoms with E-state index in [9.17, 15) is 28.0 Å². The van der Waals surface area contributed by atoms with Crippen molar-refractivity contribution in [3.8, 4) is 5.75 Å². The lowest BCUT2D eigenvalue weighted by Gasteiger charge is -2.28. The van der Waals surface area contributed by atoms with Gasteiger partial charge >= 0.3 is 6.09 Å². The van der Waals surface area contributed by atoms with E-state index in [1.165, 1.54) is 23.2 Å². The number of carbonyl (C=O) groups is 3. The molecule has 2 amide bonds. The molecule has 0 spiro atoms. The summed E-state index contributed by atoms with van der Waals surface area (Å²) in [5, 5.41) is 16.2. The molecule has 3 aromatic rings. The van der Waals surface area contributed by atoms with Crippen molar-refractivity contribution in [1.29, 1.82) is 0 Å². The second-order valence-electron chi connectivity index (χ2n) is 10.5. The fourth-order valence-corrected chi connectivity index (χ4v) is 7.10. The van der Waals surface area contributed by atoms with Crippen molar-refractivity contribution in [2.24, 2.45) is 5.92 Å². The van der Waals surface area contributed by atoms with Crippen LogP contribution < -0.4 is 14.8 Å². The first-order valence-corrected chi connectivity index (χ1v) is 14.5. The minimum atomic E-state index is -4.14. The highest BCUT2D eigenvalue weighted by Gasteiger charge is 2.54. The van der Waals surface area contributed by atoms with Crippen LogP contribution in [-0.2, 0) is 19.6 Å². The SMILES string of the molecule is CC(C)CC(NC(=O)Oc1ccc2ccccc2c1)C(=O)N1CCC2C1C(=O)CN2S(=O)(=O)c1ccc[n+]([O-])c1. The molecule has 5 rings (SSSR count). The maximum atomic E-state index is 13.7. The number of sulfonamides is 1. The van der Waals surface area contributed by atoms with Gasteiger partial charge in [0.05, 0.1) is 12.6 Å². The van der Waals surface area contributed by atoms with Gasteiger partial charge in [0, 0.05) is 12.6 Å². The molecule has 2 aliphatic heterocycles. The third kappa shape index (κ3) is 5.36. The van der Waals surface area contributed by atoms with E-state index in [2.05, 4.69) is 5.32 Å². The highest BCUT2D eigenvalue weighted by molar-refractivity contribution is 7.89. The molecule has 11 nitrogen and oxygen atoms in total. The summed E-state index contributed by atoms with van der Waals surface area (Å²) in [6.45, 7) is 3.56. The van der Waals surface area contributed by atoms with Gasteiger partial charge < -0.3 is 20.2 Å². The minimum Gasteiger partial charge on any atom is -0.619 e. The average molecular weight is 567 g/mol. The van der Waals surface area contributed by atoms with Crippen molar-refractivity contribution in [3.63, 3.8) is 0 Å². The lowest BCUT2D eigenvalue weighted by Crippen LogP contribution is -2.53. The number of rotatable bonds is 7. The van der Waals surface area contributed by atoms with Gasteiger partial charge in [-0.05, 0) is 47.7 Å². The van der Waals surface area contributed by atoms with Crippen LogP contribution in [0.25, 0.3) is 10.8 Å². The standard InChI is InChI=1S/C28H30N4O7S/c1-18(2)14-23(29-28(35)39-21-10-9-19-6-3-4-7-20(19)15-21)27(34)31-13-11-24-26(31)25(33)17-32(24)40(37,38)22-8-5-12-30(36)16-22/h3-10,12,15-16,18,23-24,26H,11,13-14,17H2,1-2H3,(H,29,35). The van der Waals surface area contributed by atoms with Crippen LogP contribution in [0.5, 0.6) is 5.75 Å². The lowest BCUT2D eigenvalue weighted by molar-refractivity contribution is -0.607. The molecule has 0 saturated carbocycles. The molecule has 2 saturated heterocycles. The first-order valence-electron chi connectivity index (χ1n) is 13.1. The number of likely N-dealkylation sites (tertiary alicyclic amines) is 1. The Hall–Kier alpha value is -4.03. The maximum absolute atomic E-state index is 13.7. The maximum Gasteiger partial charge on any atom is 0.413 e. The average Bonchev–Trinajstić information content (AvgIpc) is 3.49. The normalized spacial score (nSPS) is 20.1. The molecule has 40 heavy (non-hydrogen) atoms. The molecular weight excluding hydrogens is 536 g/mol. The molecule has 210 valence electrons. The summed E-state index contributed by atoms with van der Waals surface area (Å²) in [6.07, 6.45) is 1.85. The molecule has 3 atom stereocenters. The second kappa shape index (κ2) is 10.9. The molecule has 0 bridgehead atoms. The van der Waals surface area contributed by atoms with Crippen LogP contribution in [0.3, 0.4) is 0 Å². The number of ether oxygens (including phenoxy) is 1. The highest BCUT2D eigenvalue weighted by atomic mass is 32.2. The van der Waals surface area contributed by atoms with Gasteiger partial charge in [-0.15, -0.1) is 0 Å². The van der Waals surface area contributed by atoms with Crippen molar-refractivity contribution >= 4 is 38.6 Å². The quantitative estimate of drug-likeness (QED) is 0.342. The summed E-state index contributed by atoms with van der Waals surface area (Å²) in [6, 6.07) is 12.8. The third-order valence-electron chi connectivity index (χ3n) is 7.24. The second-order valence-corrected chi connectivity index (χ2v) is 12.4. The van der Waals surface area contributed by atoms with Crippen LogP contribution >= 0.6 is 0 Å². The van der Waals surface area contributed by atoms with Gasteiger partial charge in [-0.1, -0.05) is 44.2 Å². The summed E-state index contributed by atoms with van der Waals surface area (Å²) in [5.74, 6) is -0.532. The first kappa shape index (κ1) is 27.5. The number of nitrogens with zero attached hydrogens (tertiary/aromatic N) is 3. The van der Waals surface area contributed by atoms with Gasteiger partial charge in [-0.2, -0.15) is 9.04 Å². The Labute approximate surface area is 232 Å². The summed E-state index contributed by atoms with van der Waals surface area (Å²) in [7, 11) is -4.14. The Morgan fingerprint density at radius 2 is 1.88 bits per heavy atom. The summed E-state index contributed by atoms with van der Waals surface area (Å²) in [4.78, 5) is 40.7. The predicted octanol–water partition coefficient (Wildman–Crippen LogP) is 2.22. The van der Waals surface area contributed by atoms with Crippen LogP contribution in [0.4, 0.5) is 4.79 Å². The predicted molar refractivity (Wildman–Crippen MR) is 145 cm³/mol. The molecule has 3 heterocycles. The van der Waals surface area contributed by atoms with E-state index >= 15 is 0 Å². The van der Waals surface area contributed by atoms with Crippen molar-refractivity contribution in [1.82, 2.24) is 14.5 Å². The van der Waals surface area contributed by atoms with Crippen molar-refractivity contribution in [3.05, 3.63) is 72.2 Å². The van der Waals surface area contributed by atoms with Gasteiger partial charge in [0.1, 0.15) is 22.7 Å². The van der Waals surface area contributed by atoms with Crippen LogP contribution in [0.2, 0.25) is 0 Å². The number of ketones is 1. The fraction of sp³-hybridized carbons (Fsp3) is 0.357. The number of nitrogens with one attached hydrogen (secondary N) is 1. The Balaban J connectivity index is 1.32. The van der Waals surface area contributed by atoms with E-state index in [0.29, 0.717) is 16.9 Å². The largest absolute Gasteiger partial charge is 0.619 e. The Morgan fingerprint density at radius 3 is 2.60 bits per heavy atom. The van der Waals surface area contributed by atoms with Gasteiger partial charge in [0.25, 0.3) is 0 Å². The van der Waals surface area contributed by atoms with Crippen LogP contribution in [0.15, 0.2) is 71.9 Å². The molecule has 0 radical (unpaired) electrons. The van der Waals surface area contributed by atoms with Gasteiger partial charge in [-0.25, -0.2) is 13.2 Å². The molecule has 12 heteroatoms. The van der Waals surface area contributed by atoms with Crippen LogP contribution in [0, 0.1) is 11.1 Å². The topological polar surface area (TPSA) is 140 Å². The number of pyridine rings is 1. The van der Waals surface area contributed by atoms with E-state index in [1.807, 2.05) is 44.2 Å². The molecule has 2 aromatic carbocycles. The summed E-state index contributed by atoms with van der Waals surface area (Å²) < 4.78 is 33.5. The van der Waals surface area contributed by atoms with E-state index in [4.69, 9.17) is 4.74 Å². The van der Waals surface area contributed by atoms with Crippen LogP contribution in [0.1, 0.15) is 26.7 Å². The van der Waals surface area contributed by atoms with E-state index < -0.39 is 52.5 Å². The summed E-state index contributed by atoms with van der Waals surface area (Å²) >= 11 is 0. The highest BCUT2D eigenvalue weighted by Crippen LogP contribution is 2.34. The number of amides is 2. The zero-order valence-electron chi connectivity index (χ0n) is 22.1. The van der Waals surface area contributed by atoms with Gasteiger partial charge in [0.2, 0.25) is 15.9 Å². The Morgan fingerprint density at radius 1 is 1.12 bits per heavy atom. The lowest BCUT2D eigenvalue weighted by atomic mass is 10.0. The number of hydrogen-bond acceptors (Lipinski definition) is 7. The van der Waals surface area contributed by atoms with Crippen LogP contribution in [-0.4, -0.2) is 66.6 Å². The number of hydrogen-bond donors (Lipinski definition) is 1. The smallest absolute Gasteiger partial charge is 0.413 e. The number of fused-ring (bicyclic) bond motifs is 2. The number of carbonyl (C=O) groups excluding carboxylic acids is 3. The first-order chi connectivity index (χ1) is 19.0. The Kier molecular flexibility index (Phi) is 7.47. The van der Waals surface area contributed by atoms with E-state index in [-0.39, 0.29) is 23.8 Å². The van der Waals surface area contributed by atoms with Gasteiger partial charge in [0.15, 0.2) is 18.2 Å². The minimum absolute atomic E-state index is 0.0290. The molecule has 1 aromatic heterocycles. The van der Waals surface area contributed by atoms with Crippen molar-refractivity contribution < 1.29 is 32.3 Å². The zero-order valence-corrected chi connectivity index (χ0v) is 22.9. The van der Waals surface area contributed by atoms with Gasteiger partial charge in [-0.3, -0.25) is 9.59 Å². The van der Waals surface area contributed by atoms with E-state index in [1.54, 1.807) is 12.1 Å². The molecule has 2 fully saturated rings. The van der Waals surface area contributed by atoms with Crippen molar-refractivity contribution in [2.45, 2.75) is 49.7 Å². The monoisotopic (exact) mass is 566 g/mol. The number of aromatic nitrogens is 1. The van der Waals surface area contributed by atoms with E-state index in [0.717, 1.165) is 21.3 Å². The zero-order chi connectivity index (χ0) is 28.6. The third-order valence-corrected chi connectivity index (χ3v) is 9.10. The number of benzene rings is 2. The molecule has 1 N–H and O–H groups in total. The Bertz CT molecular complexity index is 1580. The molecule has 2 aliphatic rings. The molecular formula is C28H30N4O7S. The number of Topliss-reactive ketones (excluding diaryl/α,β-unsaturated/α-hetero) is 1. The molecule has 3 unspecified atom stereocenters. The summed E-state index contributed by atoms with van der Waals surface area (Å²) in [5.41, 5.74) is 0. The van der Waals surface area contributed by atoms with Crippen molar-refractivity contribution in [2.75, 3.05) is 13.1 Å². The molecule has 0 aliphatic carbocycles.